The Morgan fingerprint density at radius 2 is 1.82 bits per heavy atom. The minimum atomic E-state index is -0.255. The highest BCUT2D eigenvalue weighted by Crippen LogP contribution is 2.38. The molecule has 146 valence electrons. The number of nitrogens with two attached hydrogens (primary N) is 1. The van der Waals surface area contributed by atoms with Crippen LogP contribution in [0.2, 0.25) is 0 Å². The second-order valence-electron chi connectivity index (χ2n) is 6.61. The molecule has 7 heteroatoms. The molecule has 0 aliphatic carbocycles. The van der Waals surface area contributed by atoms with E-state index in [1.54, 1.807) is 25.4 Å². The van der Waals surface area contributed by atoms with Crippen LogP contribution in [0.1, 0.15) is 25.5 Å². The summed E-state index contributed by atoms with van der Waals surface area (Å²) in [5.41, 5.74) is 9.98. The fourth-order valence-electron chi connectivity index (χ4n) is 3.13. The topological polar surface area (TPSA) is 76.8 Å². The van der Waals surface area contributed by atoms with E-state index < -0.39 is 0 Å². The minimum absolute atomic E-state index is 0.191. The number of aromatic nitrogens is 3. The molecule has 3 N–H and O–H groups in total. The number of halogens is 1. The third-order valence-corrected chi connectivity index (χ3v) is 4.80. The number of fused-ring (bicyclic) bond motifs is 2. The van der Waals surface area contributed by atoms with Gasteiger partial charge in [-0.25, -0.2) is 9.37 Å². The van der Waals surface area contributed by atoms with Crippen molar-refractivity contribution in [3.8, 4) is 11.1 Å². The smallest absolute Gasteiger partial charge is 0.131 e. The standard InChI is InChI=1S/C19H17FN4.C2H6OS/c1-10(2)18-17(11-3-5-13(20)6-4-11)14-7-12-9-22-24-16(12)8-15(14)19(21)23-18;1-3-4-2/h3-10H,1-2H3,(H2,21,23)(H,22,24);1-2H3. The summed E-state index contributed by atoms with van der Waals surface area (Å²) in [5, 5.41) is 9.93. The van der Waals surface area contributed by atoms with Crippen molar-refractivity contribution in [3.63, 3.8) is 0 Å². The molecule has 0 bridgehead atoms. The Bertz CT molecular complexity index is 1090. The Kier molecular flexibility index (Phi) is 6.16. The second-order valence-corrected chi connectivity index (χ2v) is 7.27. The van der Waals surface area contributed by atoms with Crippen LogP contribution >= 0.6 is 12.0 Å². The normalized spacial score (nSPS) is 11.1. The van der Waals surface area contributed by atoms with Crippen molar-refractivity contribution in [1.82, 2.24) is 15.2 Å². The van der Waals surface area contributed by atoms with E-state index in [1.807, 2.05) is 12.3 Å². The third-order valence-electron chi connectivity index (χ3n) is 4.47. The number of H-pyrrole nitrogens is 1. The molecule has 0 saturated heterocycles. The zero-order valence-electron chi connectivity index (χ0n) is 16.3. The lowest BCUT2D eigenvalue weighted by molar-refractivity contribution is 0.493. The SMILES string of the molecule is CC(C)c1nc(N)c2cc3[nH]ncc3cc2c1-c1ccc(F)cc1.COSC. The van der Waals surface area contributed by atoms with Gasteiger partial charge in [-0.3, -0.25) is 5.10 Å². The maximum absolute atomic E-state index is 13.4. The number of aromatic amines is 1. The summed E-state index contributed by atoms with van der Waals surface area (Å²) in [6.07, 6.45) is 3.66. The van der Waals surface area contributed by atoms with Gasteiger partial charge in [0.05, 0.1) is 24.5 Å². The molecule has 28 heavy (non-hydrogen) atoms. The molecule has 2 heterocycles. The lowest BCUT2D eigenvalue weighted by atomic mass is 9.92. The molecule has 0 saturated carbocycles. The molecule has 0 aliphatic rings. The van der Waals surface area contributed by atoms with Crippen LogP contribution in [0.4, 0.5) is 10.2 Å². The minimum Gasteiger partial charge on any atom is -0.383 e. The first-order valence-corrected chi connectivity index (χ1v) is 10.00. The highest BCUT2D eigenvalue weighted by atomic mass is 32.2. The van der Waals surface area contributed by atoms with Gasteiger partial charge in [0.2, 0.25) is 0 Å². The lowest BCUT2D eigenvalue weighted by Crippen LogP contribution is -2.03. The largest absolute Gasteiger partial charge is 0.383 e. The fraction of sp³-hybridized carbons (Fsp3) is 0.238. The van der Waals surface area contributed by atoms with Crippen LogP contribution in [-0.4, -0.2) is 28.5 Å². The van der Waals surface area contributed by atoms with E-state index in [2.05, 4.69) is 39.3 Å². The summed E-state index contributed by atoms with van der Waals surface area (Å²) in [7, 11) is 1.64. The van der Waals surface area contributed by atoms with E-state index in [9.17, 15) is 4.39 Å². The van der Waals surface area contributed by atoms with Crippen LogP contribution in [0.5, 0.6) is 0 Å². The molecule has 0 radical (unpaired) electrons. The molecule has 0 atom stereocenters. The molecule has 4 rings (SSSR count). The number of benzene rings is 2. The Hall–Kier alpha value is -2.64. The molecule has 0 amide bonds. The average molecular weight is 399 g/mol. The monoisotopic (exact) mass is 398 g/mol. The number of nitrogens with zero attached hydrogens (tertiary/aromatic N) is 2. The van der Waals surface area contributed by atoms with Gasteiger partial charge >= 0.3 is 0 Å². The van der Waals surface area contributed by atoms with Gasteiger partial charge in [0.25, 0.3) is 0 Å². The molecule has 0 fully saturated rings. The predicted octanol–water partition coefficient (Wildman–Crippen LogP) is 5.53. The Morgan fingerprint density at radius 1 is 1.14 bits per heavy atom. The van der Waals surface area contributed by atoms with Crippen LogP contribution in [-0.2, 0) is 4.18 Å². The Labute approximate surface area is 167 Å². The number of nitrogens with one attached hydrogen (secondary N) is 1. The van der Waals surface area contributed by atoms with Crippen LogP contribution in [0.15, 0.2) is 42.6 Å². The predicted molar refractivity (Wildman–Crippen MR) is 116 cm³/mol. The number of anilines is 1. The van der Waals surface area contributed by atoms with E-state index >= 15 is 0 Å². The summed E-state index contributed by atoms with van der Waals surface area (Å²) in [6, 6.07) is 10.5. The molecule has 0 aliphatic heterocycles. The first kappa shape index (κ1) is 20.1. The van der Waals surface area contributed by atoms with Crippen molar-refractivity contribution in [2.24, 2.45) is 0 Å². The summed E-state index contributed by atoms with van der Waals surface area (Å²) in [4.78, 5) is 4.64. The highest BCUT2D eigenvalue weighted by molar-refractivity contribution is 7.93. The number of nitrogen functional groups attached to an aromatic ring is 1. The van der Waals surface area contributed by atoms with E-state index in [0.29, 0.717) is 5.82 Å². The van der Waals surface area contributed by atoms with Crippen LogP contribution in [0.25, 0.3) is 32.8 Å². The van der Waals surface area contributed by atoms with Crippen molar-refractivity contribution in [2.75, 3.05) is 19.1 Å². The summed E-state index contributed by atoms with van der Waals surface area (Å²) in [6.45, 7) is 4.16. The number of rotatable bonds is 3. The van der Waals surface area contributed by atoms with E-state index in [-0.39, 0.29) is 11.7 Å². The van der Waals surface area contributed by atoms with Crippen molar-refractivity contribution < 1.29 is 8.57 Å². The maximum Gasteiger partial charge on any atom is 0.131 e. The molecule has 0 unspecified atom stereocenters. The van der Waals surface area contributed by atoms with Crippen LogP contribution < -0.4 is 5.73 Å². The van der Waals surface area contributed by atoms with E-state index in [0.717, 1.165) is 38.5 Å². The number of hydrogen-bond donors (Lipinski definition) is 2. The highest BCUT2D eigenvalue weighted by Gasteiger charge is 2.18. The number of pyridine rings is 1. The second kappa shape index (κ2) is 8.58. The number of hydrogen-bond acceptors (Lipinski definition) is 5. The van der Waals surface area contributed by atoms with Gasteiger partial charge < -0.3 is 9.92 Å². The molecule has 0 spiro atoms. The van der Waals surface area contributed by atoms with Gasteiger partial charge in [0, 0.05) is 22.6 Å². The van der Waals surface area contributed by atoms with Gasteiger partial charge in [-0.15, -0.1) is 0 Å². The Morgan fingerprint density at radius 3 is 2.43 bits per heavy atom. The average Bonchev–Trinajstić information content (AvgIpc) is 3.15. The van der Waals surface area contributed by atoms with E-state index in [4.69, 9.17) is 5.73 Å². The molecular formula is C21H23FN4OS. The molecule has 2 aromatic carbocycles. The summed E-state index contributed by atoms with van der Waals surface area (Å²) in [5.74, 6) is 0.433. The van der Waals surface area contributed by atoms with Gasteiger partial charge in [-0.2, -0.15) is 5.10 Å². The third kappa shape index (κ3) is 3.95. The van der Waals surface area contributed by atoms with Crippen molar-refractivity contribution >= 4 is 39.5 Å². The summed E-state index contributed by atoms with van der Waals surface area (Å²) < 4.78 is 17.8. The van der Waals surface area contributed by atoms with Crippen LogP contribution in [0, 0.1) is 5.82 Å². The first-order chi connectivity index (χ1) is 13.5. The Balaban J connectivity index is 0.000000516. The van der Waals surface area contributed by atoms with Crippen LogP contribution in [0.3, 0.4) is 0 Å². The van der Waals surface area contributed by atoms with Gasteiger partial charge in [0.15, 0.2) is 0 Å². The first-order valence-electron chi connectivity index (χ1n) is 8.85. The molecule has 4 aromatic rings. The quantitative estimate of drug-likeness (QED) is 0.444. The van der Waals surface area contributed by atoms with E-state index in [1.165, 1.54) is 24.2 Å². The van der Waals surface area contributed by atoms with Gasteiger partial charge in [-0.1, -0.05) is 26.0 Å². The maximum atomic E-state index is 13.4. The summed E-state index contributed by atoms with van der Waals surface area (Å²) >= 11 is 1.36. The molecule has 2 aromatic heterocycles. The van der Waals surface area contributed by atoms with Gasteiger partial charge in [-0.05, 0) is 53.2 Å². The van der Waals surface area contributed by atoms with Crippen molar-refractivity contribution in [1.29, 1.82) is 0 Å². The van der Waals surface area contributed by atoms with Crippen molar-refractivity contribution in [2.45, 2.75) is 19.8 Å². The van der Waals surface area contributed by atoms with Gasteiger partial charge in [0.1, 0.15) is 11.6 Å². The molecule has 5 nitrogen and oxygen atoms in total. The molecular weight excluding hydrogens is 375 g/mol. The zero-order chi connectivity index (χ0) is 20.3. The lowest BCUT2D eigenvalue weighted by Gasteiger charge is -2.17. The van der Waals surface area contributed by atoms with Crippen molar-refractivity contribution in [3.05, 3.63) is 54.1 Å². The zero-order valence-corrected chi connectivity index (χ0v) is 17.1. The fourth-order valence-corrected chi connectivity index (χ4v) is 3.13.